The van der Waals surface area contributed by atoms with Crippen LogP contribution in [-0.4, -0.2) is 19.2 Å². The summed E-state index contributed by atoms with van der Waals surface area (Å²) in [4.78, 5) is 17.9. The van der Waals surface area contributed by atoms with Gasteiger partial charge >= 0.3 is 5.97 Å². The zero-order valence-electron chi connectivity index (χ0n) is 14.6. The topological polar surface area (TPSA) is 39.4 Å². The van der Waals surface area contributed by atoms with E-state index in [2.05, 4.69) is 0 Å². The van der Waals surface area contributed by atoms with Gasteiger partial charge in [0, 0.05) is 16.9 Å². The summed E-state index contributed by atoms with van der Waals surface area (Å²) in [6.07, 6.45) is 16.4. The lowest BCUT2D eigenvalue weighted by Crippen LogP contribution is -2.44. The molecule has 4 nitrogen and oxygen atoms in total. The third-order valence-corrected chi connectivity index (χ3v) is 5.40. The van der Waals surface area contributed by atoms with Crippen molar-refractivity contribution in [2.24, 2.45) is 11.8 Å². The number of carbonyl (C=O) groups is 1. The van der Waals surface area contributed by atoms with Crippen molar-refractivity contribution >= 4 is 5.97 Å². The van der Waals surface area contributed by atoms with E-state index in [-0.39, 0.29) is 5.97 Å². The molecular formula is C20H30NO3+. The van der Waals surface area contributed by atoms with Crippen molar-refractivity contribution in [2.75, 3.05) is 13.2 Å². The summed E-state index contributed by atoms with van der Waals surface area (Å²) >= 11 is 0. The van der Waals surface area contributed by atoms with Crippen LogP contribution in [0.15, 0.2) is 24.5 Å². The van der Waals surface area contributed by atoms with Crippen LogP contribution in [0, 0.1) is 11.8 Å². The largest absolute Gasteiger partial charge is 0.462 e. The predicted molar refractivity (Wildman–Crippen MR) is 91.5 cm³/mol. The fourth-order valence-corrected chi connectivity index (χ4v) is 3.81. The molecule has 132 valence electrons. The fraction of sp³-hybridized carbons (Fsp3) is 0.700. The van der Waals surface area contributed by atoms with E-state index >= 15 is 0 Å². The highest BCUT2D eigenvalue weighted by molar-refractivity contribution is 5.88. The maximum atomic E-state index is 12.1. The van der Waals surface area contributed by atoms with Crippen LogP contribution in [0.5, 0.6) is 0 Å². The van der Waals surface area contributed by atoms with Gasteiger partial charge in [0.15, 0.2) is 6.61 Å². The van der Waals surface area contributed by atoms with Crippen molar-refractivity contribution < 1.29 is 19.1 Å². The third-order valence-electron chi connectivity index (χ3n) is 5.40. The lowest BCUT2D eigenvalue weighted by molar-refractivity contribution is -0.892. The van der Waals surface area contributed by atoms with Crippen LogP contribution in [0.4, 0.5) is 0 Å². The highest BCUT2D eigenvalue weighted by atomic mass is 16.7. The van der Waals surface area contributed by atoms with E-state index < -0.39 is 0 Å². The molecule has 24 heavy (non-hydrogen) atoms. The molecule has 0 radical (unpaired) electrons. The Morgan fingerprint density at radius 2 is 1.42 bits per heavy atom. The zero-order valence-corrected chi connectivity index (χ0v) is 14.6. The average Bonchev–Trinajstić information content (AvgIpc) is 2.66. The lowest BCUT2D eigenvalue weighted by Gasteiger charge is -2.20. The molecule has 2 saturated carbocycles. The summed E-state index contributed by atoms with van der Waals surface area (Å²) in [5.74, 6) is 1.00. The molecule has 2 fully saturated rings. The second-order valence-electron chi connectivity index (χ2n) is 7.35. The number of ether oxygens (including phenoxy) is 1. The van der Waals surface area contributed by atoms with Crippen molar-refractivity contribution in [2.45, 2.75) is 64.2 Å². The SMILES string of the molecule is O=C(OCC1CCCCC1)c1cc[n+](OCC2CCCCC2)cc1. The van der Waals surface area contributed by atoms with Crippen LogP contribution in [0.3, 0.4) is 0 Å². The van der Waals surface area contributed by atoms with Crippen LogP contribution in [-0.2, 0) is 4.74 Å². The van der Waals surface area contributed by atoms with Gasteiger partial charge in [-0.15, -0.1) is 0 Å². The van der Waals surface area contributed by atoms with E-state index in [1.165, 1.54) is 64.2 Å². The first-order valence-corrected chi connectivity index (χ1v) is 9.63. The molecule has 1 aromatic rings. The molecule has 3 rings (SSSR count). The highest BCUT2D eigenvalue weighted by Crippen LogP contribution is 2.24. The van der Waals surface area contributed by atoms with Gasteiger partial charge in [0.1, 0.15) is 0 Å². The van der Waals surface area contributed by atoms with Gasteiger partial charge in [-0.2, -0.15) is 0 Å². The number of hydrogen-bond acceptors (Lipinski definition) is 3. The summed E-state index contributed by atoms with van der Waals surface area (Å²) in [6.45, 7) is 1.32. The number of carbonyl (C=O) groups excluding carboxylic acids is 1. The minimum atomic E-state index is -0.222. The van der Waals surface area contributed by atoms with Gasteiger partial charge in [-0.05, 0) is 37.5 Å². The summed E-state index contributed by atoms with van der Waals surface area (Å²) in [5.41, 5.74) is 0.600. The Kier molecular flexibility index (Phi) is 6.50. The average molecular weight is 332 g/mol. The predicted octanol–water partition coefficient (Wildman–Crippen LogP) is 3.72. The first-order chi connectivity index (χ1) is 11.8. The van der Waals surface area contributed by atoms with Crippen LogP contribution in [0.1, 0.15) is 74.6 Å². The maximum Gasteiger partial charge on any atom is 0.338 e. The van der Waals surface area contributed by atoms with Crippen LogP contribution < -0.4 is 9.57 Å². The Bertz CT molecular complexity index is 502. The van der Waals surface area contributed by atoms with Gasteiger partial charge in [0.25, 0.3) is 0 Å². The van der Waals surface area contributed by atoms with Gasteiger partial charge in [-0.25, -0.2) is 4.79 Å². The Balaban J connectivity index is 1.42. The Morgan fingerprint density at radius 3 is 2.00 bits per heavy atom. The Morgan fingerprint density at radius 1 is 0.875 bits per heavy atom. The molecule has 0 aliphatic heterocycles. The second kappa shape index (κ2) is 9.05. The number of hydrogen-bond donors (Lipinski definition) is 0. The van der Waals surface area contributed by atoms with Crippen molar-refractivity contribution in [3.05, 3.63) is 30.1 Å². The smallest absolute Gasteiger partial charge is 0.338 e. The molecule has 2 aliphatic carbocycles. The van der Waals surface area contributed by atoms with Crippen molar-refractivity contribution in [1.82, 2.24) is 0 Å². The first kappa shape index (κ1) is 17.2. The first-order valence-electron chi connectivity index (χ1n) is 9.63. The standard InChI is InChI=1S/C20H30NO3/c22-20(23-15-17-7-3-1-4-8-17)19-11-13-21(14-12-19)24-16-18-9-5-2-6-10-18/h11-14,17-18H,1-10,15-16H2/q+1. The van der Waals surface area contributed by atoms with Crippen molar-refractivity contribution in [3.8, 4) is 0 Å². The van der Waals surface area contributed by atoms with E-state index in [1.807, 2.05) is 0 Å². The summed E-state index contributed by atoms with van der Waals surface area (Å²) in [6, 6.07) is 3.56. The molecule has 0 N–H and O–H groups in total. The van der Waals surface area contributed by atoms with E-state index in [0.717, 1.165) is 6.61 Å². The number of esters is 1. The van der Waals surface area contributed by atoms with Crippen LogP contribution in [0.25, 0.3) is 0 Å². The van der Waals surface area contributed by atoms with E-state index in [1.54, 1.807) is 29.3 Å². The van der Waals surface area contributed by atoms with Crippen molar-refractivity contribution in [3.63, 3.8) is 0 Å². The molecule has 0 spiro atoms. The molecule has 0 bridgehead atoms. The van der Waals surface area contributed by atoms with E-state index in [9.17, 15) is 4.79 Å². The molecule has 1 heterocycles. The number of rotatable bonds is 6. The van der Waals surface area contributed by atoms with Crippen LogP contribution >= 0.6 is 0 Å². The molecule has 1 aromatic heterocycles. The van der Waals surface area contributed by atoms with Gasteiger partial charge in [-0.1, -0.05) is 38.5 Å². The zero-order chi connectivity index (χ0) is 16.6. The monoisotopic (exact) mass is 332 g/mol. The summed E-state index contributed by atoms with van der Waals surface area (Å²) in [5, 5.41) is 0. The number of nitrogens with zero attached hydrogens (tertiary/aromatic N) is 1. The highest BCUT2D eigenvalue weighted by Gasteiger charge is 2.18. The van der Waals surface area contributed by atoms with Gasteiger partial charge < -0.3 is 4.74 Å². The fourth-order valence-electron chi connectivity index (χ4n) is 3.81. The summed E-state index contributed by atoms with van der Waals surface area (Å²) in [7, 11) is 0. The molecule has 0 aromatic carbocycles. The van der Waals surface area contributed by atoms with E-state index in [0.29, 0.717) is 24.0 Å². The Hall–Kier alpha value is -1.58. The van der Waals surface area contributed by atoms with E-state index in [4.69, 9.17) is 9.57 Å². The minimum Gasteiger partial charge on any atom is -0.462 e. The molecule has 0 saturated heterocycles. The minimum absolute atomic E-state index is 0.222. The molecule has 0 amide bonds. The molecule has 0 atom stereocenters. The molecular weight excluding hydrogens is 302 g/mol. The third kappa shape index (κ3) is 5.22. The normalized spacial score (nSPS) is 19.8. The lowest BCUT2D eigenvalue weighted by atomic mass is 9.90. The number of pyridine rings is 1. The van der Waals surface area contributed by atoms with Crippen LogP contribution in [0.2, 0.25) is 0 Å². The molecule has 2 aliphatic rings. The second-order valence-corrected chi connectivity index (χ2v) is 7.35. The Labute approximate surface area is 145 Å². The maximum absolute atomic E-state index is 12.1. The van der Waals surface area contributed by atoms with Gasteiger partial charge in [0.2, 0.25) is 12.4 Å². The number of aromatic nitrogens is 1. The molecule has 0 unspecified atom stereocenters. The van der Waals surface area contributed by atoms with Crippen molar-refractivity contribution in [1.29, 1.82) is 0 Å². The van der Waals surface area contributed by atoms with Gasteiger partial charge in [0.05, 0.1) is 12.2 Å². The quantitative estimate of drug-likeness (QED) is 0.589. The summed E-state index contributed by atoms with van der Waals surface area (Å²) < 4.78 is 7.17. The molecule has 4 heteroatoms. The van der Waals surface area contributed by atoms with Gasteiger partial charge in [-0.3, -0.25) is 4.84 Å².